The fourth-order valence-corrected chi connectivity index (χ4v) is 4.40. The van der Waals surface area contributed by atoms with Gasteiger partial charge in [0.2, 0.25) is 5.91 Å². The predicted octanol–water partition coefficient (Wildman–Crippen LogP) is 2.69. The number of thioether (sulfide) groups is 1. The SMILES string of the molecule is CCOC(=O)[C@@H](C)N(CCCOC)CC(=O)N1CCS[C@H]1c1ccc(F)cc1. The average molecular weight is 413 g/mol. The number of nitrogens with zero attached hydrogens (tertiary/aromatic N) is 2. The van der Waals surface area contributed by atoms with Gasteiger partial charge in [-0.05, 0) is 38.0 Å². The maximum atomic E-state index is 13.2. The molecule has 28 heavy (non-hydrogen) atoms. The fraction of sp³-hybridized carbons (Fsp3) is 0.600. The van der Waals surface area contributed by atoms with Crippen LogP contribution >= 0.6 is 11.8 Å². The Balaban J connectivity index is 2.07. The lowest BCUT2D eigenvalue weighted by atomic mass is 10.2. The van der Waals surface area contributed by atoms with Crippen molar-refractivity contribution in [1.29, 1.82) is 0 Å². The third-order valence-electron chi connectivity index (χ3n) is 4.67. The Hall–Kier alpha value is -1.64. The number of ether oxygens (including phenoxy) is 2. The second kappa shape index (κ2) is 11.4. The van der Waals surface area contributed by atoms with Crippen LogP contribution in [0.1, 0.15) is 31.2 Å². The number of halogens is 1. The Morgan fingerprint density at radius 2 is 2.07 bits per heavy atom. The maximum Gasteiger partial charge on any atom is 0.323 e. The molecule has 8 heteroatoms. The first-order chi connectivity index (χ1) is 13.5. The number of esters is 1. The minimum atomic E-state index is -0.514. The van der Waals surface area contributed by atoms with Gasteiger partial charge in [-0.2, -0.15) is 0 Å². The second-order valence-electron chi connectivity index (χ2n) is 6.61. The summed E-state index contributed by atoms with van der Waals surface area (Å²) in [6.45, 7) is 5.69. The van der Waals surface area contributed by atoms with E-state index in [9.17, 15) is 14.0 Å². The van der Waals surface area contributed by atoms with E-state index in [1.54, 1.807) is 49.8 Å². The minimum absolute atomic E-state index is 0.0482. The summed E-state index contributed by atoms with van der Waals surface area (Å²) < 4.78 is 23.4. The fourth-order valence-electron chi connectivity index (χ4n) is 3.13. The van der Waals surface area contributed by atoms with Gasteiger partial charge in [0.15, 0.2) is 0 Å². The predicted molar refractivity (Wildman–Crippen MR) is 107 cm³/mol. The van der Waals surface area contributed by atoms with Crippen LogP contribution in [-0.2, 0) is 19.1 Å². The van der Waals surface area contributed by atoms with Gasteiger partial charge in [0.25, 0.3) is 0 Å². The molecule has 1 aliphatic rings. The summed E-state index contributed by atoms with van der Waals surface area (Å²) in [7, 11) is 1.62. The van der Waals surface area contributed by atoms with Crippen molar-refractivity contribution in [2.45, 2.75) is 31.7 Å². The van der Waals surface area contributed by atoms with E-state index in [2.05, 4.69) is 0 Å². The van der Waals surface area contributed by atoms with Crippen LogP contribution in [0.5, 0.6) is 0 Å². The van der Waals surface area contributed by atoms with Gasteiger partial charge in [-0.15, -0.1) is 11.8 Å². The summed E-state index contributed by atoms with van der Waals surface area (Å²) in [5, 5.41) is -0.133. The number of amides is 1. The molecular weight excluding hydrogens is 383 g/mol. The van der Waals surface area contributed by atoms with E-state index in [4.69, 9.17) is 9.47 Å². The molecule has 1 aromatic carbocycles. The van der Waals surface area contributed by atoms with E-state index < -0.39 is 6.04 Å². The minimum Gasteiger partial charge on any atom is -0.465 e. The smallest absolute Gasteiger partial charge is 0.323 e. The molecule has 0 N–H and O–H groups in total. The van der Waals surface area contributed by atoms with Crippen molar-refractivity contribution >= 4 is 23.6 Å². The molecule has 0 bridgehead atoms. The summed E-state index contributed by atoms with van der Waals surface area (Å²) in [5.41, 5.74) is 0.904. The third-order valence-corrected chi connectivity index (χ3v) is 5.93. The number of carbonyl (C=O) groups is 2. The van der Waals surface area contributed by atoms with Crippen LogP contribution in [0, 0.1) is 5.82 Å². The molecule has 6 nitrogen and oxygen atoms in total. The molecule has 0 radical (unpaired) electrons. The molecule has 156 valence electrons. The van der Waals surface area contributed by atoms with Crippen molar-refractivity contribution in [3.8, 4) is 0 Å². The number of carbonyl (C=O) groups excluding carboxylic acids is 2. The Morgan fingerprint density at radius 1 is 1.36 bits per heavy atom. The van der Waals surface area contributed by atoms with Gasteiger partial charge in [-0.1, -0.05) is 12.1 Å². The first-order valence-electron chi connectivity index (χ1n) is 9.54. The van der Waals surface area contributed by atoms with Crippen molar-refractivity contribution in [3.63, 3.8) is 0 Å². The molecule has 0 spiro atoms. The lowest BCUT2D eigenvalue weighted by Crippen LogP contribution is -2.47. The van der Waals surface area contributed by atoms with Crippen molar-refractivity contribution in [3.05, 3.63) is 35.6 Å². The standard InChI is InChI=1S/C20H29FN2O4S/c1-4-27-20(25)15(2)22(10-5-12-26-3)14-18(24)23-11-13-28-19(23)16-6-8-17(21)9-7-16/h6-9,15,19H,4-5,10-14H2,1-3H3/t15-,19+/m1/s1. The molecule has 0 aliphatic carbocycles. The van der Waals surface area contributed by atoms with Crippen LogP contribution in [0.25, 0.3) is 0 Å². The monoisotopic (exact) mass is 412 g/mol. The summed E-state index contributed by atoms with van der Waals surface area (Å²) in [6.07, 6.45) is 0.712. The van der Waals surface area contributed by atoms with Gasteiger partial charge in [0, 0.05) is 32.6 Å². The van der Waals surface area contributed by atoms with E-state index in [0.717, 1.165) is 11.3 Å². The second-order valence-corrected chi connectivity index (χ2v) is 7.79. The van der Waals surface area contributed by atoms with Gasteiger partial charge in [-0.3, -0.25) is 14.5 Å². The molecule has 1 amide bonds. The zero-order valence-electron chi connectivity index (χ0n) is 16.7. The largest absolute Gasteiger partial charge is 0.465 e. The quantitative estimate of drug-likeness (QED) is 0.435. The molecule has 2 atom stereocenters. The highest BCUT2D eigenvalue weighted by Gasteiger charge is 2.33. The maximum absolute atomic E-state index is 13.2. The first kappa shape index (κ1) is 22.6. The van der Waals surface area contributed by atoms with Gasteiger partial charge >= 0.3 is 5.97 Å². The van der Waals surface area contributed by atoms with E-state index in [1.165, 1.54) is 12.1 Å². The normalized spacial score (nSPS) is 17.8. The Morgan fingerprint density at radius 3 is 2.71 bits per heavy atom. The summed E-state index contributed by atoms with van der Waals surface area (Å²) in [5.74, 6) is 0.147. The zero-order valence-corrected chi connectivity index (χ0v) is 17.5. The first-order valence-corrected chi connectivity index (χ1v) is 10.6. The van der Waals surface area contributed by atoms with Crippen LogP contribution < -0.4 is 0 Å². The molecule has 2 rings (SSSR count). The topological polar surface area (TPSA) is 59.1 Å². The lowest BCUT2D eigenvalue weighted by molar-refractivity contribution is -0.150. The number of hydrogen-bond acceptors (Lipinski definition) is 6. The number of rotatable bonds is 10. The number of hydrogen-bond donors (Lipinski definition) is 0. The van der Waals surface area contributed by atoms with Crippen LogP contribution in [0.2, 0.25) is 0 Å². The van der Waals surface area contributed by atoms with Crippen molar-refractivity contribution in [2.24, 2.45) is 0 Å². The molecule has 0 saturated carbocycles. The number of benzene rings is 1. The van der Waals surface area contributed by atoms with E-state index >= 15 is 0 Å². The Bertz CT molecular complexity index is 644. The Kier molecular flexibility index (Phi) is 9.21. The third kappa shape index (κ3) is 6.18. The number of methoxy groups -OCH3 is 1. The van der Waals surface area contributed by atoms with E-state index in [-0.39, 0.29) is 29.6 Å². The van der Waals surface area contributed by atoms with Crippen LogP contribution in [0.15, 0.2) is 24.3 Å². The molecule has 0 aromatic heterocycles. The van der Waals surface area contributed by atoms with E-state index in [0.29, 0.717) is 32.7 Å². The zero-order chi connectivity index (χ0) is 20.5. The van der Waals surface area contributed by atoms with Gasteiger partial charge in [0.05, 0.1) is 13.2 Å². The summed E-state index contributed by atoms with van der Waals surface area (Å²) >= 11 is 1.66. The highest BCUT2D eigenvalue weighted by Crippen LogP contribution is 2.38. The Labute approximate surface area is 170 Å². The molecule has 1 fully saturated rings. The van der Waals surface area contributed by atoms with Crippen molar-refractivity contribution in [1.82, 2.24) is 9.80 Å². The van der Waals surface area contributed by atoms with Gasteiger partial charge in [0.1, 0.15) is 17.2 Å². The van der Waals surface area contributed by atoms with Crippen molar-refractivity contribution in [2.75, 3.05) is 45.7 Å². The average Bonchev–Trinajstić information content (AvgIpc) is 3.17. The summed E-state index contributed by atoms with van der Waals surface area (Å²) in [6, 6.07) is 5.75. The summed E-state index contributed by atoms with van der Waals surface area (Å²) in [4.78, 5) is 28.9. The van der Waals surface area contributed by atoms with Crippen molar-refractivity contribution < 1.29 is 23.5 Å². The van der Waals surface area contributed by atoms with Crippen LogP contribution in [0.4, 0.5) is 4.39 Å². The highest BCUT2D eigenvalue weighted by molar-refractivity contribution is 7.99. The molecule has 1 saturated heterocycles. The molecule has 1 aromatic rings. The highest BCUT2D eigenvalue weighted by atomic mass is 32.2. The van der Waals surface area contributed by atoms with E-state index in [1.807, 2.05) is 4.90 Å². The lowest BCUT2D eigenvalue weighted by Gasteiger charge is -2.31. The molecule has 1 heterocycles. The molecular formula is C20H29FN2O4S. The van der Waals surface area contributed by atoms with Crippen LogP contribution in [0.3, 0.4) is 0 Å². The van der Waals surface area contributed by atoms with Gasteiger partial charge in [-0.25, -0.2) is 4.39 Å². The molecule has 0 unspecified atom stereocenters. The van der Waals surface area contributed by atoms with Gasteiger partial charge < -0.3 is 14.4 Å². The van der Waals surface area contributed by atoms with Crippen LogP contribution in [-0.4, -0.2) is 73.4 Å². The molecule has 1 aliphatic heterocycles.